The van der Waals surface area contributed by atoms with E-state index in [4.69, 9.17) is 5.84 Å². The molecule has 0 radical (unpaired) electrons. The third-order valence-electron chi connectivity index (χ3n) is 0.913. The second-order valence-corrected chi connectivity index (χ2v) is 3.20. The Morgan fingerprint density at radius 3 is 2.45 bits per heavy atom. The van der Waals surface area contributed by atoms with Crippen molar-refractivity contribution in [1.29, 1.82) is 0 Å². The Kier molecular flexibility index (Phi) is 3.48. The minimum atomic E-state index is -0.902. The van der Waals surface area contributed by atoms with Gasteiger partial charge in [0.15, 0.2) is 0 Å². The van der Waals surface area contributed by atoms with Crippen LogP contribution in [0.4, 0.5) is 4.39 Å². The van der Waals surface area contributed by atoms with E-state index in [-0.39, 0.29) is 12.4 Å². The van der Waals surface area contributed by atoms with Crippen molar-refractivity contribution in [2.75, 3.05) is 6.54 Å². The number of aliphatic hydroxyl groups is 1. The average molecular weight is 162 g/mol. The summed E-state index contributed by atoms with van der Waals surface area (Å²) in [5, 5.41) is 10.3. The normalized spacial score (nSPS) is 13.5. The molecular weight excluding hydrogens is 147 g/mol. The maximum Gasteiger partial charge on any atom is 0.114 e. The molecule has 0 bridgehead atoms. The van der Waals surface area contributed by atoms with Gasteiger partial charge in [-0.15, -0.1) is 0 Å². The standard InChI is InChI=1S/C7H15FN2O/c1-6(8)4-10(9)5-7(2,3)11/h4,11H,5,9H2,1-3H3/b6-4-. The molecule has 0 fully saturated rings. The van der Waals surface area contributed by atoms with E-state index < -0.39 is 5.60 Å². The number of allylic oxidation sites excluding steroid dienone is 1. The number of halogens is 1. The van der Waals surface area contributed by atoms with Crippen molar-refractivity contribution < 1.29 is 9.50 Å². The van der Waals surface area contributed by atoms with Crippen LogP contribution in [0, 0.1) is 0 Å². The summed E-state index contributed by atoms with van der Waals surface area (Å²) in [7, 11) is 0. The van der Waals surface area contributed by atoms with E-state index in [0.717, 1.165) is 11.2 Å². The lowest BCUT2D eigenvalue weighted by molar-refractivity contribution is 0.0501. The lowest BCUT2D eigenvalue weighted by Gasteiger charge is -2.23. The highest BCUT2D eigenvalue weighted by Gasteiger charge is 2.14. The molecule has 0 rings (SSSR count). The van der Waals surface area contributed by atoms with Crippen LogP contribution in [0.1, 0.15) is 20.8 Å². The number of hydrogen-bond acceptors (Lipinski definition) is 3. The molecule has 0 unspecified atom stereocenters. The van der Waals surface area contributed by atoms with Gasteiger partial charge in [0.2, 0.25) is 0 Å². The third-order valence-corrected chi connectivity index (χ3v) is 0.913. The Labute approximate surface area is 66.3 Å². The molecule has 0 saturated heterocycles. The molecule has 0 aromatic heterocycles. The van der Waals surface area contributed by atoms with Crippen LogP contribution in [0.2, 0.25) is 0 Å². The van der Waals surface area contributed by atoms with Crippen molar-refractivity contribution in [2.24, 2.45) is 5.84 Å². The molecule has 0 aliphatic rings. The van der Waals surface area contributed by atoms with E-state index in [2.05, 4.69) is 0 Å². The molecule has 0 spiro atoms. The lowest BCUT2D eigenvalue weighted by atomic mass is 10.1. The molecule has 0 atom stereocenters. The molecule has 4 heteroatoms. The summed E-state index contributed by atoms with van der Waals surface area (Å²) >= 11 is 0. The molecule has 0 heterocycles. The molecule has 66 valence electrons. The van der Waals surface area contributed by atoms with Crippen LogP contribution >= 0.6 is 0 Å². The van der Waals surface area contributed by atoms with Gasteiger partial charge in [-0.2, -0.15) is 0 Å². The Hall–Kier alpha value is -0.610. The minimum absolute atomic E-state index is 0.203. The van der Waals surface area contributed by atoms with Gasteiger partial charge >= 0.3 is 0 Å². The second-order valence-electron chi connectivity index (χ2n) is 3.20. The zero-order chi connectivity index (χ0) is 9.07. The zero-order valence-electron chi connectivity index (χ0n) is 7.13. The highest BCUT2D eigenvalue weighted by Crippen LogP contribution is 2.03. The van der Waals surface area contributed by atoms with Crippen molar-refractivity contribution in [2.45, 2.75) is 26.4 Å². The number of rotatable bonds is 3. The van der Waals surface area contributed by atoms with Crippen molar-refractivity contribution in [3.8, 4) is 0 Å². The minimum Gasteiger partial charge on any atom is -0.389 e. The van der Waals surface area contributed by atoms with Gasteiger partial charge in [0.05, 0.1) is 12.1 Å². The number of nitrogens with zero attached hydrogens (tertiary/aromatic N) is 1. The van der Waals surface area contributed by atoms with E-state index in [1.807, 2.05) is 0 Å². The first-order valence-corrected chi connectivity index (χ1v) is 3.39. The molecule has 0 saturated carbocycles. The summed E-state index contributed by atoms with van der Waals surface area (Å²) in [4.78, 5) is 0. The Balaban J connectivity index is 3.89. The summed E-state index contributed by atoms with van der Waals surface area (Å²) in [5.41, 5.74) is -0.902. The van der Waals surface area contributed by atoms with Gasteiger partial charge in [0.1, 0.15) is 5.83 Å². The topological polar surface area (TPSA) is 49.5 Å². The zero-order valence-corrected chi connectivity index (χ0v) is 7.13. The van der Waals surface area contributed by atoms with Crippen LogP contribution in [0.25, 0.3) is 0 Å². The van der Waals surface area contributed by atoms with Gasteiger partial charge in [-0.1, -0.05) is 0 Å². The van der Waals surface area contributed by atoms with E-state index in [9.17, 15) is 9.50 Å². The van der Waals surface area contributed by atoms with Gasteiger partial charge < -0.3 is 10.1 Å². The average Bonchev–Trinajstić information content (AvgIpc) is 1.53. The summed E-state index contributed by atoms with van der Waals surface area (Å²) in [6, 6.07) is 0. The molecule has 3 nitrogen and oxygen atoms in total. The van der Waals surface area contributed by atoms with Gasteiger partial charge in [-0.25, -0.2) is 10.2 Å². The van der Waals surface area contributed by atoms with Crippen LogP contribution in [0.3, 0.4) is 0 Å². The first-order chi connectivity index (χ1) is 4.81. The Morgan fingerprint density at radius 2 is 2.18 bits per heavy atom. The molecule has 0 aliphatic heterocycles. The number of hydrazine groups is 1. The Morgan fingerprint density at radius 1 is 1.73 bits per heavy atom. The molecule has 0 aromatic carbocycles. The summed E-state index contributed by atoms with van der Waals surface area (Å²) in [5.74, 6) is 4.94. The molecule has 0 amide bonds. The number of hydrogen-bond donors (Lipinski definition) is 2. The predicted molar refractivity (Wildman–Crippen MR) is 42.1 cm³/mol. The molecule has 0 aliphatic carbocycles. The van der Waals surface area contributed by atoms with Gasteiger partial charge in [0.25, 0.3) is 0 Å². The summed E-state index contributed by atoms with van der Waals surface area (Å²) < 4.78 is 12.2. The van der Waals surface area contributed by atoms with Gasteiger partial charge in [-0.3, -0.25) is 0 Å². The molecular formula is C7H15FN2O. The SMILES string of the molecule is C/C(F)=C/N(N)CC(C)(C)O. The maximum absolute atomic E-state index is 12.2. The maximum atomic E-state index is 12.2. The van der Waals surface area contributed by atoms with Crippen molar-refractivity contribution >= 4 is 0 Å². The van der Waals surface area contributed by atoms with Crippen LogP contribution in [0.5, 0.6) is 0 Å². The second kappa shape index (κ2) is 3.69. The van der Waals surface area contributed by atoms with Crippen LogP contribution in [-0.4, -0.2) is 22.3 Å². The van der Waals surface area contributed by atoms with E-state index >= 15 is 0 Å². The van der Waals surface area contributed by atoms with E-state index in [1.54, 1.807) is 13.8 Å². The van der Waals surface area contributed by atoms with Crippen LogP contribution in [-0.2, 0) is 0 Å². The summed E-state index contributed by atoms with van der Waals surface area (Å²) in [6.07, 6.45) is 1.14. The summed E-state index contributed by atoms with van der Waals surface area (Å²) in [6.45, 7) is 4.71. The fourth-order valence-electron chi connectivity index (χ4n) is 0.721. The molecule has 3 N–H and O–H groups in total. The number of nitrogens with two attached hydrogens (primary N) is 1. The van der Waals surface area contributed by atoms with E-state index in [0.29, 0.717) is 0 Å². The highest BCUT2D eigenvalue weighted by atomic mass is 19.1. The molecule has 0 aromatic rings. The quantitative estimate of drug-likeness (QED) is 0.476. The van der Waals surface area contributed by atoms with Gasteiger partial charge in [0, 0.05) is 6.20 Å². The molecule has 11 heavy (non-hydrogen) atoms. The Bertz CT molecular complexity index is 147. The third kappa shape index (κ3) is 7.29. The smallest absolute Gasteiger partial charge is 0.114 e. The fraction of sp³-hybridized carbons (Fsp3) is 0.714. The highest BCUT2D eigenvalue weighted by molar-refractivity contribution is 4.86. The first kappa shape index (κ1) is 10.4. The van der Waals surface area contributed by atoms with Crippen LogP contribution in [0.15, 0.2) is 12.0 Å². The monoisotopic (exact) mass is 162 g/mol. The predicted octanol–water partition coefficient (Wildman–Crippen LogP) is 0.764. The van der Waals surface area contributed by atoms with Crippen LogP contribution < -0.4 is 5.84 Å². The van der Waals surface area contributed by atoms with Crippen molar-refractivity contribution in [3.63, 3.8) is 0 Å². The van der Waals surface area contributed by atoms with Crippen molar-refractivity contribution in [1.82, 2.24) is 5.01 Å². The first-order valence-electron chi connectivity index (χ1n) is 3.39. The van der Waals surface area contributed by atoms with E-state index in [1.165, 1.54) is 6.92 Å². The lowest BCUT2D eigenvalue weighted by Crippen LogP contribution is -2.39. The van der Waals surface area contributed by atoms with Crippen molar-refractivity contribution in [3.05, 3.63) is 12.0 Å². The largest absolute Gasteiger partial charge is 0.389 e. The van der Waals surface area contributed by atoms with Gasteiger partial charge in [-0.05, 0) is 20.8 Å². The fourth-order valence-corrected chi connectivity index (χ4v) is 0.721.